The van der Waals surface area contributed by atoms with E-state index in [-0.39, 0.29) is 0 Å². The van der Waals surface area contributed by atoms with Crippen LogP contribution in [0.25, 0.3) is 0 Å². The molecule has 12 heavy (non-hydrogen) atoms. The molecule has 0 saturated heterocycles. The molecule has 0 aliphatic carbocycles. The van der Waals surface area contributed by atoms with Crippen LogP contribution in [0.5, 0.6) is 0 Å². The zero-order chi connectivity index (χ0) is 9.56. The summed E-state index contributed by atoms with van der Waals surface area (Å²) in [6.45, 7) is 11.4. The van der Waals surface area contributed by atoms with E-state index < -0.39 is 0 Å². The standard InChI is InChI=1S/C9H17N3/c1-7(2)6-11-9(8(3)4)12-10-5/h6-7,12H,5H2,1-4H3/b11-6-. The summed E-state index contributed by atoms with van der Waals surface area (Å²) in [6.07, 6.45) is 1.88. The highest BCUT2D eigenvalue weighted by Crippen LogP contribution is 2.01. The Labute approximate surface area is 74.3 Å². The number of hydrazone groups is 1. The summed E-state index contributed by atoms with van der Waals surface area (Å²) < 4.78 is 0. The minimum atomic E-state index is 0.450. The molecule has 0 unspecified atom stereocenters. The second-order valence-electron chi connectivity index (χ2n) is 3.14. The highest BCUT2D eigenvalue weighted by atomic mass is 15.3. The molecule has 0 atom stereocenters. The normalized spacial score (nSPS) is 10.4. The molecule has 3 heteroatoms. The Bertz CT molecular complexity index is 198. The molecule has 0 amide bonds. The number of nitrogens with zero attached hydrogens (tertiary/aromatic N) is 2. The van der Waals surface area contributed by atoms with Crippen molar-refractivity contribution in [2.75, 3.05) is 0 Å². The molecule has 0 spiro atoms. The van der Waals surface area contributed by atoms with Gasteiger partial charge in [-0.15, -0.1) is 0 Å². The van der Waals surface area contributed by atoms with E-state index in [2.05, 4.69) is 36.1 Å². The van der Waals surface area contributed by atoms with Gasteiger partial charge in [0.2, 0.25) is 0 Å². The molecule has 1 N–H and O–H groups in total. The number of hydrogen-bond donors (Lipinski definition) is 1. The van der Waals surface area contributed by atoms with Crippen LogP contribution < -0.4 is 5.43 Å². The summed E-state index contributed by atoms with van der Waals surface area (Å²) in [7, 11) is 0. The number of nitrogens with one attached hydrogen (secondary N) is 1. The second-order valence-corrected chi connectivity index (χ2v) is 3.14. The fraction of sp³-hybridized carbons (Fsp3) is 0.556. The van der Waals surface area contributed by atoms with Crippen molar-refractivity contribution in [3.63, 3.8) is 0 Å². The molecule has 0 radical (unpaired) electrons. The lowest BCUT2D eigenvalue weighted by atomic mass is 10.2. The largest absolute Gasteiger partial charge is 0.262 e. The Hall–Kier alpha value is -1.12. The van der Waals surface area contributed by atoms with Gasteiger partial charge in [0.25, 0.3) is 0 Å². The van der Waals surface area contributed by atoms with Crippen LogP contribution in [0.2, 0.25) is 0 Å². The van der Waals surface area contributed by atoms with Crippen molar-refractivity contribution in [2.24, 2.45) is 16.0 Å². The van der Waals surface area contributed by atoms with E-state index in [1.165, 1.54) is 0 Å². The van der Waals surface area contributed by atoms with Gasteiger partial charge in [0.15, 0.2) is 0 Å². The third-order valence-electron chi connectivity index (χ3n) is 1.16. The maximum atomic E-state index is 4.22. The van der Waals surface area contributed by atoms with Gasteiger partial charge in [-0.2, -0.15) is 5.10 Å². The van der Waals surface area contributed by atoms with Gasteiger partial charge in [-0.05, 0) is 25.3 Å². The lowest BCUT2D eigenvalue weighted by Gasteiger charge is -2.02. The van der Waals surface area contributed by atoms with E-state index in [1.54, 1.807) is 0 Å². The summed E-state index contributed by atoms with van der Waals surface area (Å²) in [5.74, 6) is 1.23. The minimum Gasteiger partial charge on any atom is -0.262 e. The van der Waals surface area contributed by atoms with E-state index in [4.69, 9.17) is 0 Å². The minimum absolute atomic E-state index is 0.450. The molecule has 0 aromatic carbocycles. The Balaban J connectivity index is 4.35. The Kier molecular flexibility index (Phi) is 5.00. The first kappa shape index (κ1) is 10.9. The molecule has 0 rings (SSSR count). The van der Waals surface area contributed by atoms with Gasteiger partial charge in [0, 0.05) is 12.9 Å². The smallest absolute Gasteiger partial charge is 0.144 e. The average molecular weight is 167 g/mol. The number of aliphatic imine (C=N–C) groups is 1. The molecule has 0 heterocycles. The van der Waals surface area contributed by atoms with Crippen LogP contribution in [-0.2, 0) is 0 Å². The van der Waals surface area contributed by atoms with E-state index in [0.717, 1.165) is 11.4 Å². The van der Waals surface area contributed by atoms with Gasteiger partial charge in [-0.1, -0.05) is 13.8 Å². The number of allylic oxidation sites excluding steroid dienone is 1. The number of rotatable bonds is 4. The maximum Gasteiger partial charge on any atom is 0.144 e. The number of hydrogen-bond acceptors (Lipinski definition) is 3. The molecule has 0 aromatic heterocycles. The second kappa shape index (κ2) is 5.52. The lowest BCUT2D eigenvalue weighted by molar-refractivity contribution is 0.843. The van der Waals surface area contributed by atoms with Gasteiger partial charge in [-0.25, -0.2) is 4.99 Å². The van der Waals surface area contributed by atoms with Crippen LogP contribution in [0, 0.1) is 5.92 Å². The average Bonchev–Trinajstić information content (AvgIpc) is 1.96. The molecule has 0 aromatic rings. The molecule has 68 valence electrons. The molecule has 3 nitrogen and oxygen atoms in total. The first-order chi connectivity index (χ1) is 5.57. The Morgan fingerprint density at radius 2 is 2.00 bits per heavy atom. The van der Waals surface area contributed by atoms with Crippen LogP contribution in [0.1, 0.15) is 27.7 Å². The predicted molar refractivity (Wildman–Crippen MR) is 54.4 cm³/mol. The fourth-order valence-electron chi connectivity index (χ4n) is 0.568. The summed E-state index contributed by atoms with van der Waals surface area (Å²) in [5.41, 5.74) is 3.83. The first-order valence-electron chi connectivity index (χ1n) is 4.01. The molecule has 0 bridgehead atoms. The topological polar surface area (TPSA) is 36.8 Å². The van der Waals surface area contributed by atoms with Gasteiger partial charge >= 0.3 is 0 Å². The first-order valence-corrected chi connectivity index (χ1v) is 4.01. The van der Waals surface area contributed by atoms with Crippen LogP contribution in [0.15, 0.2) is 21.5 Å². The Morgan fingerprint density at radius 1 is 1.42 bits per heavy atom. The quantitative estimate of drug-likeness (QED) is 0.505. The van der Waals surface area contributed by atoms with Crippen LogP contribution >= 0.6 is 0 Å². The van der Waals surface area contributed by atoms with Crippen LogP contribution in [-0.4, -0.2) is 12.9 Å². The lowest BCUT2D eigenvalue weighted by Crippen LogP contribution is -2.05. The van der Waals surface area contributed by atoms with Crippen LogP contribution in [0.3, 0.4) is 0 Å². The van der Waals surface area contributed by atoms with Gasteiger partial charge in [0.1, 0.15) is 5.82 Å². The van der Waals surface area contributed by atoms with Crippen molar-refractivity contribution < 1.29 is 0 Å². The van der Waals surface area contributed by atoms with Gasteiger partial charge in [0.05, 0.1) is 0 Å². The molecule has 0 fully saturated rings. The predicted octanol–water partition coefficient (Wildman–Crippen LogP) is 2.17. The van der Waals surface area contributed by atoms with Crippen molar-refractivity contribution in [3.8, 4) is 0 Å². The fourth-order valence-corrected chi connectivity index (χ4v) is 0.568. The maximum absolute atomic E-state index is 4.22. The van der Waals surface area contributed by atoms with Crippen molar-refractivity contribution in [3.05, 3.63) is 11.4 Å². The highest BCUT2D eigenvalue weighted by molar-refractivity contribution is 5.61. The molecule has 0 aliphatic heterocycles. The van der Waals surface area contributed by atoms with Gasteiger partial charge in [-0.3, -0.25) is 5.43 Å². The molecular weight excluding hydrogens is 150 g/mol. The summed E-state index contributed by atoms with van der Waals surface area (Å²) >= 11 is 0. The van der Waals surface area contributed by atoms with Gasteiger partial charge < -0.3 is 0 Å². The van der Waals surface area contributed by atoms with E-state index in [1.807, 2.05) is 20.1 Å². The Morgan fingerprint density at radius 3 is 2.33 bits per heavy atom. The molecule has 0 saturated carbocycles. The van der Waals surface area contributed by atoms with E-state index in [9.17, 15) is 0 Å². The van der Waals surface area contributed by atoms with Crippen molar-refractivity contribution in [2.45, 2.75) is 27.7 Å². The van der Waals surface area contributed by atoms with E-state index in [0.29, 0.717) is 5.92 Å². The third-order valence-corrected chi connectivity index (χ3v) is 1.16. The van der Waals surface area contributed by atoms with Crippen molar-refractivity contribution >= 4 is 12.9 Å². The highest BCUT2D eigenvalue weighted by Gasteiger charge is 1.93. The van der Waals surface area contributed by atoms with E-state index >= 15 is 0 Å². The van der Waals surface area contributed by atoms with Crippen molar-refractivity contribution in [1.82, 2.24) is 5.43 Å². The molecular formula is C9H17N3. The zero-order valence-electron chi connectivity index (χ0n) is 8.26. The summed E-state index contributed by atoms with van der Waals surface area (Å²) in [6, 6.07) is 0. The third kappa shape index (κ3) is 4.66. The summed E-state index contributed by atoms with van der Waals surface area (Å²) in [4.78, 5) is 4.22. The SMILES string of the molecule is C=NNC(/N=C\C(C)C)=C(C)C. The van der Waals surface area contributed by atoms with Crippen LogP contribution in [0.4, 0.5) is 0 Å². The van der Waals surface area contributed by atoms with Crippen molar-refractivity contribution in [1.29, 1.82) is 0 Å². The summed E-state index contributed by atoms with van der Waals surface area (Å²) in [5, 5.41) is 3.56. The zero-order valence-corrected chi connectivity index (χ0v) is 8.26. The monoisotopic (exact) mass is 167 g/mol. The molecule has 0 aliphatic rings.